The van der Waals surface area contributed by atoms with Crippen LogP contribution in [0, 0.1) is 5.82 Å². The maximum absolute atomic E-state index is 14.9. The fourth-order valence-corrected chi connectivity index (χ4v) is 7.29. The molecule has 274 valence electrons. The Morgan fingerprint density at radius 3 is 2.25 bits per heavy atom. The lowest BCUT2D eigenvalue weighted by Gasteiger charge is -2.40. The molecule has 0 aliphatic carbocycles. The van der Waals surface area contributed by atoms with Crippen molar-refractivity contribution in [1.82, 2.24) is 29.8 Å². The first-order valence-electron chi connectivity index (χ1n) is 18.0. The number of aromatic nitrogens is 2. The van der Waals surface area contributed by atoms with E-state index in [-0.39, 0.29) is 41.4 Å². The summed E-state index contributed by atoms with van der Waals surface area (Å²) in [6.07, 6.45) is 3.51. The fraction of sp³-hybridized carbons (Fsp3) is 0.553. The molecule has 51 heavy (non-hydrogen) atoms. The largest absolute Gasteiger partial charge is 0.444 e. The second kappa shape index (κ2) is 15.5. The van der Waals surface area contributed by atoms with Gasteiger partial charge in [-0.3, -0.25) is 19.3 Å². The molecule has 2 atom stereocenters. The zero-order valence-electron chi connectivity index (χ0n) is 30.0. The van der Waals surface area contributed by atoms with Crippen LogP contribution in [0.1, 0.15) is 75.0 Å². The summed E-state index contributed by atoms with van der Waals surface area (Å²) in [5.74, 6) is -0.985. The van der Waals surface area contributed by atoms with Crippen molar-refractivity contribution < 1.29 is 28.2 Å². The summed E-state index contributed by atoms with van der Waals surface area (Å²) in [5, 5.41) is 7.96. The molecule has 3 aliphatic heterocycles. The molecule has 12 nitrogen and oxygen atoms in total. The number of carbonyl (C=O) groups excluding carboxylic acids is 3. The third kappa shape index (κ3) is 8.93. The van der Waals surface area contributed by atoms with Crippen molar-refractivity contribution in [2.75, 3.05) is 52.4 Å². The number of piperazine rings is 1. The SMILES string of the molecule is C[C@H]1C[C@H](OC2CCN(CC(=O)N3CCN(C(=O)c4cc(Cc5n[nH]c(=O)c6ccccc56)ccc4F)CC3)CC2)CCN1C(=O)OC(C)(C)C. The molecular formula is C38H49FN6O6. The average molecular weight is 705 g/mol. The van der Waals surface area contributed by atoms with Crippen LogP contribution in [-0.2, 0) is 20.7 Å². The van der Waals surface area contributed by atoms with Gasteiger partial charge in [0.1, 0.15) is 11.4 Å². The van der Waals surface area contributed by atoms with Gasteiger partial charge in [0, 0.05) is 63.7 Å². The van der Waals surface area contributed by atoms with Crippen molar-refractivity contribution in [1.29, 1.82) is 0 Å². The third-order valence-corrected chi connectivity index (χ3v) is 10.1. The highest BCUT2D eigenvalue weighted by atomic mass is 19.1. The number of benzene rings is 2. The molecule has 3 saturated heterocycles. The van der Waals surface area contributed by atoms with Crippen LogP contribution in [0.2, 0.25) is 0 Å². The predicted molar refractivity (Wildman–Crippen MR) is 190 cm³/mol. The Morgan fingerprint density at radius 2 is 1.57 bits per heavy atom. The summed E-state index contributed by atoms with van der Waals surface area (Å²) >= 11 is 0. The summed E-state index contributed by atoms with van der Waals surface area (Å²) in [5.41, 5.74) is 0.508. The van der Waals surface area contributed by atoms with E-state index in [9.17, 15) is 23.6 Å². The number of H-pyrrole nitrogens is 1. The molecule has 1 aromatic heterocycles. The first kappa shape index (κ1) is 36.4. The molecule has 0 unspecified atom stereocenters. The normalized spacial score (nSPS) is 20.8. The third-order valence-electron chi connectivity index (χ3n) is 10.1. The van der Waals surface area contributed by atoms with Gasteiger partial charge < -0.3 is 24.2 Å². The van der Waals surface area contributed by atoms with E-state index in [1.54, 1.807) is 39.0 Å². The van der Waals surface area contributed by atoms with Gasteiger partial charge in [-0.2, -0.15) is 5.10 Å². The minimum absolute atomic E-state index is 0.0193. The minimum Gasteiger partial charge on any atom is -0.444 e. The number of carbonyl (C=O) groups is 3. The van der Waals surface area contributed by atoms with E-state index in [4.69, 9.17) is 9.47 Å². The maximum atomic E-state index is 14.9. The van der Waals surface area contributed by atoms with Crippen molar-refractivity contribution in [2.24, 2.45) is 0 Å². The Hall–Kier alpha value is -4.36. The van der Waals surface area contributed by atoms with Crippen molar-refractivity contribution in [3.63, 3.8) is 0 Å². The number of hydrogen-bond donors (Lipinski definition) is 1. The molecule has 3 aromatic rings. The zero-order chi connectivity index (χ0) is 36.3. The smallest absolute Gasteiger partial charge is 0.410 e. The molecule has 4 heterocycles. The van der Waals surface area contributed by atoms with Gasteiger partial charge in [0.15, 0.2) is 0 Å². The number of rotatable bonds is 7. The Bertz CT molecular complexity index is 1790. The molecule has 0 saturated carbocycles. The van der Waals surface area contributed by atoms with E-state index in [1.165, 1.54) is 6.07 Å². The van der Waals surface area contributed by atoms with Gasteiger partial charge in [0.2, 0.25) is 5.91 Å². The Labute approximate surface area is 297 Å². The number of nitrogens with zero attached hydrogens (tertiary/aromatic N) is 5. The van der Waals surface area contributed by atoms with Crippen LogP contribution >= 0.6 is 0 Å². The number of hydrogen-bond acceptors (Lipinski definition) is 8. The van der Waals surface area contributed by atoms with Gasteiger partial charge in [-0.15, -0.1) is 0 Å². The molecule has 3 fully saturated rings. The molecule has 0 radical (unpaired) electrons. The quantitative estimate of drug-likeness (QED) is 0.388. The molecule has 13 heteroatoms. The van der Waals surface area contributed by atoms with Crippen LogP contribution in [0.25, 0.3) is 10.8 Å². The lowest BCUT2D eigenvalue weighted by Crippen LogP contribution is -2.53. The van der Waals surface area contributed by atoms with Crippen molar-refractivity contribution >= 4 is 28.7 Å². The van der Waals surface area contributed by atoms with Crippen LogP contribution in [0.3, 0.4) is 0 Å². The van der Waals surface area contributed by atoms with Crippen LogP contribution in [0.15, 0.2) is 47.3 Å². The number of piperidine rings is 2. The first-order valence-corrected chi connectivity index (χ1v) is 18.0. The molecule has 6 rings (SSSR count). The number of ether oxygens (including phenoxy) is 2. The predicted octanol–water partition coefficient (Wildman–Crippen LogP) is 4.21. The van der Waals surface area contributed by atoms with Gasteiger partial charge in [-0.25, -0.2) is 14.3 Å². The molecule has 0 spiro atoms. The monoisotopic (exact) mass is 704 g/mol. The lowest BCUT2D eigenvalue weighted by atomic mass is 10.00. The maximum Gasteiger partial charge on any atom is 0.410 e. The molecule has 2 aromatic carbocycles. The topological polar surface area (TPSA) is 128 Å². The van der Waals surface area contributed by atoms with Crippen molar-refractivity contribution in [3.8, 4) is 0 Å². The summed E-state index contributed by atoms with van der Waals surface area (Å²) in [6, 6.07) is 11.7. The van der Waals surface area contributed by atoms with Crippen LogP contribution in [-0.4, -0.2) is 124 Å². The second-order valence-corrected chi connectivity index (χ2v) is 15.0. The Kier molecular flexibility index (Phi) is 11.1. The van der Waals surface area contributed by atoms with Gasteiger partial charge in [-0.05, 0) is 77.1 Å². The van der Waals surface area contributed by atoms with E-state index in [1.807, 2.05) is 39.8 Å². The van der Waals surface area contributed by atoms with E-state index in [0.29, 0.717) is 67.7 Å². The van der Waals surface area contributed by atoms with E-state index in [0.717, 1.165) is 38.8 Å². The van der Waals surface area contributed by atoms with Crippen LogP contribution < -0.4 is 5.56 Å². The number of fused-ring (bicyclic) bond motifs is 1. The summed E-state index contributed by atoms with van der Waals surface area (Å²) in [6.45, 7) is 11.5. The van der Waals surface area contributed by atoms with E-state index >= 15 is 0 Å². The highest BCUT2D eigenvalue weighted by Gasteiger charge is 2.34. The summed E-state index contributed by atoms with van der Waals surface area (Å²) in [4.78, 5) is 58.7. The van der Waals surface area contributed by atoms with Crippen LogP contribution in [0.4, 0.5) is 9.18 Å². The van der Waals surface area contributed by atoms with Crippen molar-refractivity contribution in [3.05, 3.63) is 75.5 Å². The second-order valence-electron chi connectivity index (χ2n) is 15.0. The number of nitrogens with one attached hydrogen (secondary N) is 1. The summed E-state index contributed by atoms with van der Waals surface area (Å²) < 4.78 is 27.0. The Balaban J connectivity index is 0.941. The highest BCUT2D eigenvalue weighted by Crippen LogP contribution is 2.26. The van der Waals surface area contributed by atoms with E-state index in [2.05, 4.69) is 15.1 Å². The first-order chi connectivity index (χ1) is 24.3. The average Bonchev–Trinajstić information content (AvgIpc) is 3.10. The summed E-state index contributed by atoms with van der Waals surface area (Å²) in [7, 11) is 0. The van der Waals surface area contributed by atoms with Gasteiger partial charge in [0.25, 0.3) is 11.5 Å². The minimum atomic E-state index is -0.602. The molecule has 1 N–H and O–H groups in total. The highest BCUT2D eigenvalue weighted by molar-refractivity contribution is 5.95. The Morgan fingerprint density at radius 1 is 0.902 bits per heavy atom. The number of likely N-dealkylation sites (tertiary alicyclic amines) is 2. The van der Waals surface area contributed by atoms with Gasteiger partial charge in [0.05, 0.1) is 35.4 Å². The molecule has 0 bridgehead atoms. The van der Waals surface area contributed by atoms with Gasteiger partial charge >= 0.3 is 6.09 Å². The molecule has 3 amide bonds. The van der Waals surface area contributed by atoms with Gasteiger partial charge in [-0.1, -0.05) is 24.3 Å². The number of halogens is 1. The molecular weight excluding hydrogens is 655 g/mol. The molecule has 3 aliphatic rings. The lowest BCUT2D eigenvalue weighted by molar-refractivity contribution is -0.135. The fourth-order valence-electron chi connectivity index (χ4n) is 7.29. The van der Waals surface area contributed by atoms with Crippen LogP contribution in [0.5, 0.6) is 0 Å². The zero-order valence-corrected chi connectivity index (χ0v) is 30.0. The number of amides is 3. The van der Waals surface area contributed by atoms with E-state index < -0.39 is 17.3 Å². The van der Waals surface area contributed by atoms with Crippen molar-refractivity contribution in [2.45, 2.75) is 83.6 Å². The number of aromatic amines is 1. The standard InChI is InChI=1S/C38H49FN6O6/c1-25-21-28(13-16-45(25)37(49)51-38(2,3)4)50-27-11-14-42(15-12-27)24-34(46)43-17-19-44(20-18-43)36(48)31-22-26(9-10-32(31)39)23-33-29-7-5-6-8-30(29)35(47)41-40-33/h5-10,22,25,27-28H,11-21,23-24H2,1-4H3,(H,41,47)/t25-,28+/m0/s1.